The van der Waals surface area contributed by atoms with Gasteiger partial charge >= 0.3 is 0 Å². The average molecular weight is 1030 g/mol. The van der Waals surface area contributed by atoms with Crippen LogP contribution in [0.2, 0.25) is 0 Å². The first kappa shape index (κ1) is 50.0. The molecule has 3 nitrogen and oxygen atoms in total. The summed E-state index contributed by atoms with van der Waals surface area (Å²) in [5.41, 5.74) is 23.2. The normalized spacial score (nSPS) is 19.1. The van der Waals surface area contributed by atoms with Gasteiger partial charge in [-0.2, -0.15) is 0 Å². The predicted octanol–water partition coefficient (Wildman–Crippen LogP) is 18.7. The molecule has 388 valence electrons. The van der Waals surface area contributed by atoms with Gasteiger partial charge in [0.15, 0.2) is 0 Å². The summed E-state index contributed by atoms with van der Waals surface area (Å²) in [5.74, 6) is 0. The van der Waals surface area contributed by atoms with Gasteiger partial charge in [0.25, 0.3) is 6.71 Å². The number of anilines is 8. The Morgan fingerprint density at radius 2 is 0.987 bits per heavy atom. The summed E-state index contributed by atoms with van der Waals surface area (Å²) in [5, 5.41) is 2.63. The fourth-order valence-corrected chi connectivity index (χ4v) is 15.2. The minimum absolute atomic E-state index is 0.0172. The molecule has 9 aromatic rings. The molecule has 0 bridgehead atoms. The zero-order valence-electron chi connectivity index (χ0n) is 48.2. The summed E-state index contributed by atoms with van der Waals surface area (Å²) in [7, 11) is 0. The lowest BCUT2D eigenvalue weighted by molar-refractivity contribution is 0.195. The standard InChI is InChI=1S/C72H76BN3S/c1-67(2,3)46-26-31-50(32-27-46)74-60-35-30-49(70(10,11)12)40-56(60)73-57-44-65-54(52-24-18-19-25-64(52)77-65)43-61(57)75(58-33-28-47(68(4,5)6)38-53(58)45-22-16-15-17-23-45)63-42-51(41-62(74)66(63)73)76-59-34-29-48(69(7,8)9)39-55(59)71(13)36-20-21-37-72(71,76)14/h15-19,22-35,38-44H,20-21,36-37H2,1-14H3. The van der Waals surface area contributed by atoms with Gasteiger partial charge in [0.05, 0.1) is 11.2 Å². The van der Waals surface area contributed by atoms with E-state index in [0.717, 1.165) is 6.42 Å². The van der Waals surface area contributed by atoms with Crippen molar-refractivity contribution in [1.29, 1.82) is 0 Å². The number of hydrogen-bond donors (Lipinski definition) is 0. The van der Waals surface area contributed by atoms with Crippen LogP contribution in [0.5, 0.6) is 0 Å². The Balaban J connectivity index is 1.20. The van der Waals surface area contributed by atoms with Crippen LogP contribution >= 0.6 is 11.3 Å². The number of nitrogens with zero attached hydrogens (tertiary/aromatic N) is 3. The van der Waals surface area contributed by atoms with Crippen molar-refractivity contribution in [3.63, 3.8) is 0 Å². The Labute approximate surface area is 464 Å². The first-order valence-electron chi connectivity index (χ1n) is 28.6. The van der Waals surface area contributed by atoms with E-state index in [4.69, 9.17) is 0 Å². The van der Waals surface area contributed by atoms with Gasteiger partial charge in [0, 0.05) is 71.0 Å². The molecule has 4 aliphatic rings. The zero-order valence-corrected chi connectivity index (χ0v) is 49.0. The highest BCUT2D eigenvalue weighted by Crippen LogP contribution is 2.62. The number of fused-ring (bicyclic) bond motifs is 10. The first-order chi connectivity index (χ1) is 36.4. The highest BCUT2D eigenvalue weighted by molar-refractivity contribution is 7.26. The maximum absolute atomic E-state index is 2.84. The number of rotatable bonds is 4. The predicted molar refractivity (Wildman–Crippen MR) is 336 cm³/mol. The molecule has 3 aliphatic heterocycles. The molecule has 1 aromatic heterocycles. The molecule has 4 heterocycles. The Morgan fingerprint density at radius 1 is 0.429 bits per heavy atom. The average Bonchev–Trinajstić information content (AvgIpc) is 3.73. The molecule has 13 rings (SSSR count). The van der Waals surface area contributed by atoms with Crippen molar-refractivity contribution < 1.29 is 0 Å². The SMILES string of the molecule is CC(C)(C)c1ccc(N2c3ccc(C(C)(C)C)cc3B3c4cc5sc6ccccc6c5cc4N(c4ccc(C(C)(C)C)cc4-c4ccccc4)c4cc(N5c6ccc(C(C)(C)C)cc6C6(C)CCCCC56C)cc2c43)cc1. The smallest absolute Gasteiger partial charge is 0.252 e. The van der Waals surface area contributed by atoms with E-state index in [2.05, 4.69) is 269 Å². The minimum Gasteiger partial charge on any atom is -0.334 e. The van der Waals surface area contributed by atoms with Crippen molar-refractivity contribution in [1.82, 2.24) is 0 Å². The molecule has 5 heteroatoms. The lowest BCUT2D eigenvalue weighted by Gasteiger charge is -2.51. The zero-order chi connectivity index (χ0) is 53.9. The third kappa shape index (κ3) is 7.63. The molecule has 1 aliphatic carbocycles. The molecule has 0 saturated heterocycles. The fourth-order valence-electron chi connectivity index (χ4n) is 14.1. The van der Waals surface area contributed by atoms with Gasteiger partial charge in [-0.05, 0) is 158 Å². The largest absolute Gasteiger partial charge is 0.334 e. The van der Waals surface area contributed by atoms with E-state index in [0.29, 0.717) is 0 Å². The van der Waals surface area contributed by atoms with E-state index in [1.54, 1.807) is 0 Å². The fraction of sp³-hybridized carbons (Fsp3) is 0.333. The van der Waals surface area contributed by atoms with Gasteiger partial charge in [-0.25, -0.2) is 0 Å². The summed E-state index contributed by atoms with van der Waals surface area (Å²) < 4.78 is 2.66. The maximum Gasteiger partial charge on any atom is 0.252 e. The summed E-state index contributed by atoms with van der Waals surface area (Å²) in [6.45, 7) is 33.4. The molecule has 0 N–H and O–H groups in total. The highest BCUT2D eigenvalue weighted by atomic mass is 32.1. The molecule has 77 heavy (non-hydrogen) atoms. The molecule has 2 atom stereocenters. The Hall–Kier alpha value is -6.56. The van der Waals surface area contributed by atoms with Gasteiger partial charge in [-0.3, -0.25) is 0 Å². The van der Waals surface area contributed by atoms with Crippen LogP contribution in [-0.4, -0.2) is 12.3 Å². The second-order valence-electron chi connectivity index (χ2n) is 27.8. The summed E-state index contributed by atoms with van der Waals surface area (Å²) in [6, 6.07) is 62.6. The van der Waals surface area contributed by atoms with Crippen molar-refractivity contribution in [2.24, 2.45) is 0 Å². The van der Waals surface area contributed by atoms with Crippen LogP contribution in [0.1, 0.15) is 150 Å². The Bertz CT molecular complexity index is 3860. The van der Waals surface area contributed by atoms with Gasteiger partial charge in [0.2, 0.25) is 0 Å². The third-order valence-corrected chi connectivity index (χ3v) is 20.0. The van der Waals surface area contributed by atoms with Gasteiger partial charge in [-0.1, -0.05) is 194 Å². The van der Waals surface area contributed by atoms with Crippen LogP contribution in [0.3, 0.4) is 0 Å². The summed E-state index contributed by atoms with van der Waals surface area (Å²) in [4.78, 5) is 8.20. The first-order valence-corrected chi connectivity index (χ1v) is 29.4. The molecular weight excluding hydrogens is 950 g/mol. The van der Waals surface area contributed by atoms with Crippen molar-refractivity contribution in [3.8, 4) is 11.1 Å². The van der Waals surface area contributed by atoms with E-state index in [1.165, 1.54) is 140 Å². The van der Waals surface area contributed by atoms with Gasteiger partial charge in [0.1, 0.15) is 0 Å². The Kier molecular flexibility index (Phi) is 11.0. The second-order valence-corrected chi connectivity index (χ2v) is 28.9. The van der Waals surface area contributed by atoms with E-state index in [-0.39, 0.29) is 39.3 Å². The summed E-state index contributed by atoms with van der Waals surface area (Å²) in [6.07, 6.45) is 4.74. The maximum atomic E-state index is 2.84. The monoisotopic (exact) mass is 1030 g/mol. The molecule has 8 aromatic carbocycles. The van der Waals surface area contributed by atoms with Gasteiger partial charge < -0.3 is 14.7 Å². The second kappa shape index (κ2) is 17.0. The van der Waals surface area contributed by atoms with Gasteiger partial charge in [-0.15, -0.1) is 11.3 Å². The highest BCUT2D eigenvalue weighted by Gasteiger charge is 2.58. The van der Waals surface area contributed by atoms with Crippen molar-refractivity contribution in [2.75, 3.05) is 14.7 Å². The van der Waals surface area contributed by atoms with Crippen LogP contribution in [0.15, 0.2) is 158 Å². The number of hydrogen-bond acceptors (Lipinski definition) is 4. The van der Waals surface area contributed by atoms with E-state index in [9.17, 15) is 0 Å². The molecular formula is C72H76BN3S. The number of thiophene rings is 1. The van der Waals surface area contributed by atoms with Crippen molar-refractivity contribution >= 4 is 100 Å². The third-order valence-electron chi connectivity index (χ3n) is 18.8. The quantitative estimate of drug-likeness (QED) is 0.163. The lowest BCUT2D eigenvalue weighted by Crippen LogP contribution is -2.61. The molecule has 1 saturated carbocycles. The van der Waals surface area contributed by atoms with E-state index < -0.39 is 0 Å². The number of benzene rings is 8. The molecule has 0 amide bonds. The van der Waals surface area contributed by atoms with Crippen LogP contribution in [0.4, 0.5) is 45.5 Å². The summed E-state index contributed by atoms with van der Waals surface area (Å²) >= 11 is 1.93. The lowest BCUT2D eigenvalue weighted by atomic mass is 9.33. The van der Waals surface area contributed by atoms with Crippen LogP contribution < -0.4 is 31.1 Å². The van der Waals surface area contributed by atoms with Crippen molar-refractivity contribution in [2.45, 2.75) is 155 Å². The van der Waals surface area contributed by atoms with E-state index >= 15 is 0 Å². The molecule has 0 spiro atoms. The van der Waals surface area contributed by atoms with E-state index in [1.807, 2.05) is 11.3 Å². The molecule has 0 radical (unpaired) electrons. The molecule has 1 fully saturated rings. The topological polar surface area (TPSA) is 9.72 Å². The van der Waals surface area contributed by atoms with Crippen LogP contribution in [0, 0.1) is 0 Å². The minimum atomic E-state index is -0.166. The van der Waals surface area contributed by atoms with Crippen molar-refractivity contribution in [3.05, 3.63) is 186 Å². The Morgan fingerprint density at radius 3 is 1.66 bits per heavy atom. The molecule has 2 unspecified atom stereocenters. The van der Waals surface area contributed by atoms with Crippen LogP contribution in [-0.2, 0) is 27.1 Å². The van der Waals surface area contributed by atoms with Crippen LogP contribution in [0.25, 0.3) is 31.3 Å².